The Morgan fingerprint density at radius 2 is 0.968 bits per heavy atom. The molecule has 15 rings (SSSR count). The van der Waals surface area contributed by atoms with Crippen LogP contribution in [0, 0.1) is 147 Å². The Balaban J connectivity index is 0.000000169. The first-order valence-electron chi connectivity index (χ1n) is 51.3. The number of esters is 6. The molecule has 0 aromatic rings. The van der Waals surface area contributed by atoms with Crippen LogP contribution in [0.25, 0.3) is 0 Å². The topological polar surface area (TPSA) is 196 Å². The lowest BCUT2D eigenvalue weighted by molar-refractivity contribution is -0.313. The molecule has 15 fully saturated rings. The van der Waals surface area contributed by atoms with Crippen molar-refractivity contribution in [3.8, 4) is 0 Å². The van der Waals surface area contributed by atoms with E-state index in [0.717, 1.165) is 126 Å². The minimum atomic E-state index is -0.849. The van der Waals surface area contributed by atoms with Crippen LogP contribution < -0.4 is 0 Å². The molecule has 15 saturated carbocycles. The van der Waals surface area contributed by atoms with E-state index in [1.807, 2.05) is 96.9 Å². The van der Waals surface area contributed by atoms with Gasteiger partial charge < -0.3 is 38.4 Å². The highest BCUT2D eigenvalue weighted by Crippen LogP contribution is 2.75. The van der Waals surface area contributed by atoms with Crippen LogP contribution >= 0.6 is 0 Å². The Bertz CT molecular complexity index is 3580. The Kier molecular flexibility index (Phi) is 32.6. The summed E-state index contributed by atoms with van der Waals surface area (Å²) in [6.07, 6.45) is 42.7. The van der Waals surface area contributed by atoms with Crippen LogP contribution in [0.3, 0.4) is 0 Å². The smallest absolute Gasteiger partial charge is 0.312 e. The van der Waals surface area contributed by atoms with E-state index in [1.165, 1.54) is 141 Å². The number of carbonyl (C=O) groups is 6. The highest BCUT2D eigenvalue weighted by molar-refractivity contribution is 5.78. The molecular formula is C109H188O15. The van der Waals surface area contributed by atoms with Crippen LogP contribution in [0.5, 0.6) is 0 Å². The Hall–Kier alpha value is -3.72. The Morgan fingerprint density at radius 1 is 0.468 bits per heavy atom. The molecule has 12 bridgehead atoms. The first-order chi connectivity index (χ1) is 57.4. The van der Waals surface area contributed by atoms with Gasteiger partial charge in [-0.25, -0.2) is 0 Å². The second-order valence-corrected chi connectivity index (χ2v) is 50.3. The lowest BCUT2D eigenvalue weighted by atomic mass is 9.57. The maximum atomic E-state index is 12.7. The van der Waals surface area contributed by atoms with Crippen LogP contribution in [0.2, 0.25) is 0 Å². The molecule has 0 radical (unpaired) electrons. The molecule has 18 unspecified atom stereocenters. The van der Waals surface area contributed by atoms with Crippen molar-refractivity contribution in [1.29, 1.82) is 0 Å². The molecular weight excluding hydrogens is 1550 g/mol. The zero-order chi connectivity index (χ0) is 92.8. The van der Waals surface area contributed by atoms with Crippen molar-refractivity contribution in [2.45, 2.75) is 487 Å². The fraction of sp³-hybridized carbons (Fsp3) is 0.927. The van der Waals surface area contributed by atoms with Gasteiger partial charge >= 0.3 is 35.8 Å². The fourth-order valence-electron chi connectivity index (χ4n) is 27.3. The second kappa shape index (κ2) is 38.8. The molecule has 124 heavy (non-hydrogen) atoms. The molecule has 15 heteroatoms. The molecule has 714 valence electrons. The van der Waals surface area contributed by atoms with Crippen LogP contribution in [-0.2, 0) is 67.0 Å². The van der Waals surface area contributed by atoms with Crippen LogP contribution in [0.4, 0.5) is 0 Å². The number of carbonyl (C=O) groups excluding carboxylic acids is 6. The van der Waals surface area contributed by atoms with E-state index in [0.29, 0.717) is 51.8 Å². The fourth-order valence-corrected chi connectivity index (χ4v) is 27.3. The molecule has 19 atom stereocenters. The van der Waals surface area contributed by atoms with Crippen molar-refractivity contribution in [3.05, 3.63) is 12.8 Å². The van der Waals surface area contributed by atoms with Gasteiger partial charge in [-0.1, -0.05) is 190 Å². The second-order valence-electron chi connectivity index (χ2n) is 50.3. The summed E-state index contributed by atoms with van der Waals surface area (Å²) in [6.45, 7) is 70.3. The van der Waals surface area contributed by atoms with Gasteiger partial charge in [-0.05, 0) is 355 Å². The SMILES string of the molecule is C=COOC1C2CCC(C)(C1OC(=O)C(C)(C)CC)C2(C)C.CCC(C)(C)C(=O)OC1(C)CCC2C(C3C(C)CCC31)C2(C)C.CCC(C)(C)C(=O)OC1C2CCCC1CCC2.CCC(C)(C)C(=O)OCC1(O)C2CCC3C2C(C)(C)CCC[C@@]31C.CCC(C)C(=O)OC1CC2CCC1(C)C2(C)C.CCCCCC12CCC(OC(=O)C(C)(C)CC)(CC1)CC2. The lowest BCUT2D eigenvalue weighted by Crippen LogP contribution is -2.55. The summed E-state index contributed by atoms with van der Waals surface area (Å²) >= 11 is 0. The largest absolute Gasteiger partial charge is 0.462 e. The molecule has 1 N–H and O–H groups in total. The zero-order valence-electron chi connectivity index (χ0n) is 85.4. The molecule has 0 heterocycles. The van der Waals surface area contributed by atoms with Gasteiger partial charge in [0.05, 0.1) is 33.0 Å². The minimum Gasteiger partial charge on any atom is -0.462 e. The van der Waals surface area contributed by atoms with E-state index in [1.54, 1.807) is 0 Å². The molecule has 0 aromatic carbocycles. The molecule has 0 saturated heterocycles. The molecule has 15 nitrogen and oxygen atoms in total. The summed E-state index contributed by atoms with van der Waals surface area (Å²) in [7, 11) is 0. The summed E-state index contributed by atoms with van der Waals surface area (Å²) < 4.78 is 35.7. The molecule has 0 aromatic heterocycles. The first-order valence-corrected chi connectivity index (χ1v) is 51.3. The normalized spacial score (nSPS) is 38.7. The van der Waals surface area contributed by atoms with E-state index >= 15 is 0 Å². The van der Waals surface area contributed by atoms with E-state index in [-0.39, 0.29) is 133 Å². The standard InChI is InChI=1S/C21H36O3.C21H36O2.C19H34O2.C18H30O4.2C15H26O2/c1-7-18(2,3)17(22)24-13-21(23)15-10-9-14-16(15)19(4,5)11-8-12-20(14,21)6;1-8-19(3,4)18(22)23-21(7)12-11-15-17(20(15,5)6)16-13(2)9-10-14(16)21;1-5-7-8-9-18-10-13-19(14-11-18,15-12-18)21-16(20)17(3,4)6-2;1-8-16(3,4)15(19)21-14-13(22-20-9-2)12-10-11-18(14,7)17(12,5)6;1-6-10(2)13(16)17-12-9-11-7-8-15(12,5)14(11,3)4;1-4-15(2,3)14(16)17-13-11-7-5-8-12(13)10-6-9-11/h14-16,23H,7-13H2,1-6H3;13-17H,8-12H2,1-7H3;5-15H2,1-4H3;9,12-14H,2,8,10-11H2,1,3-7H3;10-12H,6-9H2,1-5H3;11-13H,4-10H2,1-3H3/t14?,15?,16?,20-,21?;;;;;/m0...../s1. The summed E-state index contributed by atoms with van der Waals surface area (Å²) in [5, 5.41) is 11.8. The van der Waals surface area contributed by atoms with Crippen molar-refractivity contribution < 1.29 is 72.1 Å². The average molecular weight is 1740 g/mol. The van der Waals surface area contributed by atoms with Gasteiger partial charge in [-0.2, -0.15) is 4.89 Å². The summed E-state index contributed by atoms with van der Waals surface area (Å²) in [5.41, 5.74) is -1.43. The van der Waals surface area contributed by atoms with Crippen molar-refractivity contribution in [3.63, 3.8) is 0 Å². The van der Waals surface area contributed by atoms with Gasteiger partial charge in [-0.15, -0.1) is 0 Å². The highest BCUT2D eigenvalue weighted by atomic mass is 17.2. The van der Waals surface area contributed by atoms with Gasteiger partial charge in [0.2, 0.25) is 0 Å². The van der Waals surface area contributed by atoms with Crippen LogP contribution in [0.15, 0.2) is 12.8 Å². The van der Waals surface area contributed by atoms with Crippen molar-refractivity contribution in [2.75, 3.05) is 6.61 Å². The highest BCUT2D eigenvalue weighted by Gasteiger charge is 2.74. The van der Waals surface area contributed by atoms with Crippen molar-refractivity contribution in [2.24, 2.45) is 147 Å². The Morgan fingerprint density at radius 3 is 1.48 bits per heavy atom. The maximum absolute atomic E-state index is 12.7. The third-order valence-corrected chi connectivity index (χ3v) is 40.3. The van der Waals surface area contributed by atoms with Gasteiger partial charge in [0.15, 0.2) is 0 Å². The predicted molar refractivity (Wildman–Crippen MR) is 498 cm³/mol. The summed E-state index contributed by atoms with van der Waals surface area (Å²) in [6, 6.07) is 0. The number of hydrogen-bond acceptors (Lipinski definition) is 15. The first kappa shape index (κ1) is 104. The number of rotatable bonds is 26. The van der Waals surface area contributed by atoms with Crippen LogP contribution in [0.1, 0.15) is 446 Å². The molecule has 0 spiro atoms. The minimum absolute atomic E-state index is 0.00192. The number of hydrogen-bond donors (Lipinski definition) is 1. The molecule has 0 aliphatic heterocycles. The van der Waals surface area contributed by atoms with Gasteiger partial charge in [0, 0.05) is 22.2 Å². The lowest BCUT2D eigenvalue weighted by Gasteiger charge is -2.53. The van der Waals surface area contributed by atoms with Crippen molar-refractivity contribution in [1.82, 2.24) is 0 Å². The van der Waals surface area contributed by atoms with E-state index in [2.05, 4.69) is 124 Å². The predicted octanol–water partition coefficient (Wildman–Crippen LogP) is 27.6. The quantitative estimate of drug-likeness (QED) is 0.0214. The van der Waals surface area contributed by atoms with E-state index in [4.69, 9.17) is 38.2 Å². The van der Waals surface area contributed by atoms with Gasteiger partial charge in [0.25, 0.3) is 0 Å². The number of unbranched alkanes of at least 4 members (excludes halogenated alkanes) is 2. The van der Waals surface area contributed by atoms with Gasteiger partial charge in [-0.3, -0.25) is 28.8 Å². The zero-order valence-corrected chi connectivity index (χ0v) is 85.4. The number of fused-ring (bicyclic) bond motifs is 12. The Labute approximate surface area is 757 Å². The third-order valence-electron chi connectivity index (χ3n) is 40.3. The molecule has 15 aliphatic rings. The summed E-state index contributed by atoms with van der Waals surface area (Å²) in [5.74, 6) is 7.33. The monoisotopic (exact) mass is 1740 g/mol. The van der Waals surface area contributed by atoms with E-state index in [9.17, 15) is 33.9 Å². The summed E-state index contributed by atoms with van der Waals surface area (Å²) in [4.78, 5) is 84.9. The average Bonchev–Trinajstić information content (AvgIpc) is 1.53. The third kappa shape index (κ3) is 20.3. The molecule has 15 aliphatic carbocycles. The maximum Gasteiger partial charge on any atom is 0.312 e. The molecule has 0 amide bonds. The van der Waals surface area contributed by atoms with Crippen LogP contribution in [-0.4, -0.2) is 88.7 Å². The number of ether oxygens (including phenoxy) is 6. The number of aliphatic hydroxyl groups is 1. The van der Waals surface area contributed by atoms with Crippen molar-refractivity contribution >= 4 is 35.8 Å². The van der Waals surface area contributed by atoms with Gasteiger partial charge in [0.1, 0.15) is 54.1 Å². The van der Waals surface area contributed by atoms with E-state index < -0.39 is 16.4 Å².